The number of fused-ring (bicyclic) bond motifs is 3. The Labute approximate surface area is 98.6 Å². The normalized spacial score (nSPS) is 11.2. The van der Waals surface area contributed by atoms with Gasteiger partial charge in [-0.3, -0.25) is 0 Å². The topological polar surface area (TPSA) is 53.1 Å². The maximum absolute atomic E-state index is 5.93. The van der Waals surface area contributed by atoms with Crippen LogP contribution in [-0.2, 0) is 7.05 Å². The van der Waals surface area contributed by atoms with Crippen LogP contribution in [0.3, 0.4) is 0 Å². The number of rotatable bonds is 1. The summed E-state index contributed by atoms with van der Waals surface area (Å²) in [6.45, 7) is 0. The Hall–Kier alpha value is -2.23. The average Bonchev–Trinajstić information content (AvgIpc) is 2.64. The molecule has 0 saturated heterocycles. The van der Waals surface area contributed by atoms with Gasteiger partial charge in [0.2, 0.25) is 0 Å². The highest BCUT2D eigenvalue weighted by Gasteiger charge is 2.11. The van der Waals surface area contributed by atoms with Crippen molar-refractivity contribution in [1.29, 1.82) is 0 Å². The van der Waals surface area contributed by atoms with E-state index in [-0.39, 0.29) is 0 Å². The van der Waals surface area contributed by atoms with Gasteiger partial charge < -0.3 is 15.0 Å². The van der Waals surface area contributed by atoms with Crippen molar-refractivity contribution in [2.75, 3.05) is 12.8 Å². The molecular formula is C13H13N3O. The minimum absolute atomic E-state index is 0.556. The first kappa shape index (κ1) is 9.96. The molecule has 2 N–H and O–H groups in total. The van der Waals surface area contributed by atoms with Crippen molar-refractivity contribution in [3.63, 3.8) is 0 Å². The van der Waals surface area contributed by atoms with E-state index in [2.05, 4.69) is 15.6 Å². The van der Waals surface area contributed by atoms with E-state index in [0.29, 0.717) is 5.82 Å². The zero-order valence-electron chi connectivity index (χ0n) is 9.77. The Morgan fingerprint density at radius 2 is 2.06 bits per heavy atom. The zero-order valence-corrected chi connectivity index (χ0v) is 9.77. The van der Waals surface area contributed by atoms with Crippen LogP contribution in [0.25, 0.3) is 21.8 Å². The number of aromatic nitrogens is 2. The highest BCUT2D eigenvalue weighted by Crippen LogP contribution is 2.32. The van der Waals surface area contributed by atoms with Crippen LogP contribution < -0.4 is 10.5 Å². The van der Waals surface area contributed by atoms with Crippen LogP contribution in [0.5, 0.6) is 5.75 Å². The Morgan fingerprint density at radius 3 is 2.82 bits per heavy atom. The molecule has 0 bridgehead atoms. The highest BCUT2D eigenvalue weighted by atomic mass is 16.5. The van der Waals surface area contributed by atoms with E-state index in [4.69, 9.17) is 10.5 Å². The zero-order chi connectivity index (χ0) is 12.0. The molecule has 4 nitrogen and oxygen atoms in total. The molecule has 4 heteroatoms. The fourth-order valence-corrected chi connectivity index (χ4v) is 2.30. The Kier molecular flexibility index (Phi) is 1.98. The number of benzene rings is 1. The molecule has 0 aliphatic rings. The first-order valence-electron chi connectivity index (χ1n) is 5.39. The third-order valence-corrected chi connectivity index (χ3v) is 3.14. The van der Waals surface area contributed by atoms with Gasteiger partial charge in [-0.1, -0.05) is 0 Å². The van der Waals surface area contributed by atoms with Gasteiger partial charge in [0.15, 0.2) is 0 Å². The van der Waals surface area contributed by atoms with Crippen molar-refractivity contribution in [1.82, 2.24) is 9.55 Å². The minimum Gasteiger partial charge on any atom is -0.497 e. The second-order valence-electron chi connectivity index (χ2n) is 4.03. The number of anilines is 1. The van der Waals surface area contributed by atoms with Crippen LogP contribution in [0.2, 0.25) is 0 Å². The summed E-state index contributed by atoms with van der Waals surface area (Å²) in [6, 6.07) is 8.00. The fourth-order valence-electron chi connectivity index (χ4n) is 2.30. The summed E-state index contributed by atoms with van der Waals surface area (Å²) in [5.41, 5.74) is 7.99. The molecule has 0 amide bonds. The Balaban J connectivity index is 2.53. The largest absolute Gasteiger partial charge is 0.497 e. The number of nitrogen functional groups attached to an aromatic ring is 1. The second kappa shape index (κ2) is 3.38. The van der Waals surface area contributed by atoms with Crippen molar-refractivity contribution in [3.05, 3.63) is 30.5 Å². The summed E-state index contributed by atoms with van der Waals surface area (Å²) in [4.78, 5) is 4.13. The molecule has 0 atom stereocenters. The number of pyridine rings is 1. The standard InChI is InChI=1S/C13H13N3O/c1-16-11-7-8(17-2)3-4-9(11)10-5-6-15-13(14)12(10)16/h3-7H,1-2H3,(H2,14,15). The van der Waals surface area contributed by atoms with Crippen LogP contribution >= 0.6 is 0 Å². The molecular weight excluding hydrogens is 214 g/mol. The molecule has 3 rings (SSSR count). The lowest BCUT2D eigenvalue weighted by Gasteiger charge is -2.01. The minimum atomic E-state index is 0.556. The van der Waals surface area contributed by atoms with Gasteiger partial charge in [0, 0.05) is 30.1 Å². The second-order valence-corrected chi connectivity index (χ2v) is 4.03. The fraction of sp³-hybridized carbons (Fsp3) is 0.154. The van der Waals surface area contributed by atoms with Crippen LogP contribution in [-0.4, -0.2) is 16.7 Å². The molecule has 0 saturated carbocycles. The Bertz CT molecular complexity index is 715. The van der Waals surface area contributed by atoms with Crippen molar-refractivity contribution in [2.45, 2.75) is 0 Å². The molecule has 0 unspecified atom stereocenters. The van der Waals surface area contributed by atoms with E-state index in [1.807, 2.05) is 25.2 Å². The predicted octanol–water partition coefficient (Wildman–Crippen LogP) is 2.32. The first-order chi connectivity index (χ1) is 8.22. The third-order valence-electron chi connectivity index (χ3n) is 3.14. The number of aryl methyl sites for hydroxylation is 1. The monoisotopic (exact) mass is 227 g/mol. The lowest BCUT2D eigenvalue weighted by molar-refractivity contribution is 0.415. The summed E-state index contributed by atoms with van der Waals surface area (Å²) in [7, 11) is 3.65. The highest BCUT2D eigenvalue weighted by molar-refractivity contribution is 6.11. The van der Waals surface area contributed by atoms with E-state index in [0.717, 1.165) is 27.6 Å². The van der Waals surface area contributed by atoms with Crippen molar-refractivity contribution in [3.8, 4) is 5.75 Å². The van der Waals surface area contributed by atoms with Crippen molar-refractivity contribution < 1.29 is 4.74 Å². The van der Waals surface area contributed by atoms with E-state index in [1.54, 1.807) is 13.3 Å². The Morgan fingerprint density at radius 1 is 1.24 bits per heavy atom. The van der Waals surface area contributed by atoms with Crippen LogP contribution in [0.1, 0.15) is 0 Å². The van der Waals surface area contributed by atoms with Gasteiger partial charge in [0.05, 0.1) is 18.1 Å². The maximum Gasteiger partial charge on any atom is 0.147 e. The summed E-state index contributed by atoms with van der Waals surface area (Å²) < 4.78 is 7.29. The molecule has 0 spiro atoms. The van der Waals surface area contributed by atoms with E-state index in [9.17, 15) is 0 Å². The summed E-state index contributed by atoms with van der Waals surface area (Å²) >= 11 is 0. The quantitative estimate of drug-likeness (QED) is 0.694. The lowest BCUT2D eigenvalue weighted by atomic mass is 10.2. The maximum atomic E-state index is 5.93. The smallest absolute Gasteiger partial charge is 0.147 e. The van der Waals surface area contributed by atoms with Gasteiger partial charge in [-0.15, -0.1) is 0 Å². The number of hydrogen-bond donors (Lipinski definition) is 1. The number of nitrogens with two attached hydrogens (primary N) is 1. The molecule has 2 aromatic heterocycles. The van der Waals surface area contributed by atoms with Gasteiger partial charge in [0.25, 0.3) is 0 Å². The lowest BCUT2D eigenvalue weighted by Crippen LogP contribution is -1.95. The third kappa shape index (κ3) is 1.27. The van der Waals surface area contributed by atoms with Gasteiger partial charge >= 0.3 is 0 Å². The van der Waals surface area contributed by atoms with Gasteiger partial charge in [-0.25, -0.2) is 4.98 Å². The van der Waals surface area contributed by atoms with Gasteiger partial charge in [-0.2, -0.15) is 0 Å². The molecule has 3 aromatic rings. The summed E-state index contributed by atoms with van der Waals surface area (Å²) in [5.74, 6) is 1.40. The summed E-state index contributed by atoms with van der Waals surface area (Å²) in [5, 5.41) is 2.29. The number of nitrogens with zero attached hydrogens (tertiary/aromatic N) is 2. The molecule has 17 heavy (non-hydrogen) atoms. The molecule has 1 aromatic carbocycles. The van der Waals surface area contributed by atoms with Crippen LogP contribution in [0.4, 0.5) is 5.82 Å². The molecule has 0 aliphatic carbocycles. The van der Waals surface area contributed by atoms with E-state index in [1.165, 1.54) is 0 Å². The molecule has 0 fully saturated rings. The summed E-state index contributed by atoms with van der Waals surface area (Å²) in [6.07, 6.45) is 1.74. The first-order valence-corrected chi connectivity index (χ1v) is 5.39. The molecule has 2 heterocycles. The van der Waals surface area contributed by atoms with E-state index < -0.39 is 0 Å². The van der Waals surface area contributed by atoms with Crippen LogP contribution in [0.15, 0.2) is 30.5 Å². The van der Waals surface area contributed by atoms with Crippen molar-refractivity contribution >= 4 is 27.6 Å². The van der Waals surface area contributed by atoms with Crippen molar-refractivity contribution in [2.24, 2.45) is 7.05 Å². The van der Waals surface area contributed by atoms with Crippen LogP contribution in [0, 0.1) is 0 Å². The molecule has 86 valence electrons. The molecule has 0 aliphatic heterocycles. The number of methoxy groups -OCH3 is 1. The average molecular weight is 227 g/mol. The van der Waals surface area contributed by atoms with Gasteiger partial charge in [0.1, 0.15) is 11.6 Å². The molecule has 0 radical (unpaired) electrons. The van der Waals surface area contributed by atoms with Gasteiger partial charge in [-0.05, 0) is 18.2 Å². The number of ether oxygens (including phenoxy) is 1. The van der Waals surface area contributed by atoms with E-state index >= 15 is 0 Å². The predicted molar refractivity (Wildman–Crippen MR) is 69.2 cm³/mol. The SMILES string of the molecule is COc1ccc2c3ccnc(N)c3n(C)c2c1. The number of hydrogen-bond acceptors (Lipinski definition) is 3.